The molecule has 1 saturated carbocycles. The number of guanidine groups is 1. The second-order valence-corrected chi connectivity index (χ2v) is 6.35. The van der Waals surface area contributed by atoms with E-state index in [2.05, 4.69) is 20.9 Å². The van der Waals surface area contributed by atoms with Crippen LogP contribution in [0.1, 0.15) is 37.7 Å². The van der Waals surface area contributed by atoms with Gasteiger partial charge in [-0.2, -0.15) is 0 Å². The normalized spacial score (nSPS) is 15.5. The molecule has 1 amide bonds. The highest BCUT2D eigenvalue weighted by molar-refractivity contribution is 5.86. The molecule has 0 radical (unpaired) electrons. The molecule has 1 aliphatic carbocycles. The number of aliphatic imine (C=N–C) groups is 1. The van der Waals surface area contributed by atoms with Crippen LogP contribution in [0.5, 0.6) is 5.75 Å². The predicted molar refractivity (Wildman–Crippen MR) is 101 cm³/mol. The first kappa shape index (κ1) is 19.1. The van der Waals surface area contributed by atoms with Crippen molar-refractivity contribution >= 4 is 11.9 Å². The van der Waals surface area contributed by atoms with Gasteiger partial charge in [0.25, 0.3) is 0 Å². The molecule has 0 bridgehead atoms. The molecule has 6 nitrogen and oxygen atoms in total. The Morgan fingerprint density at radius 3 is 2.52 bits per heavy atom. The summed E-state index contributed by atoms with van der Waals surface area (Å²) in [6, 6.07) is 8.35. The summed E-state index contributed by atoms with van der Waals surface area (Å²) < 4.78 is 5.16. The van der Waals surface area contributed by atoms with Gasteiger partial charge in [0.1, 0.15) is 5.75 Å². The topological polar surface area (TPSA) is 74.8 Å². The molecule has 25 heavy (non-hydrogen) atoms. The van der Waals surface area contributed by atoms with E-state index in [1.165, 1.54) is 24.8 Å². The van der Waals surface area contributed by atoms with Gasteiger partial charge in [-0.3, -0.25) is 9.79 Å². The van der Waals surface area contributed by atoms with Gasteiger partial charge in [-0.25, -0.2) is 0 Å². The second kappa shape index (κ2) is 10.6. The average molecular weight is 346 g/mol. The first-order valence-electron chi connectivity index (χ1n) is 9.08. The van der Waals surface area contributed by atoms with Crippen LogP contribution in [0.4, 0.5) is 0 Å². The molecule has 6 heteroatoms. The fourth-order valence-corrected chi connectivity index (χ4v) is 3.03. The first-order chi connectivity index (χ1) is 12.2. The second-order valence-electron chi connectivity index (χ2n) is 6.35. The van der Waals surface area contributed by atoms with Gasteiger partial charge >= 0.3 is 0 Å². The predicted octanol–water partition coefficient (Wildman–Crippen LogP) is 1.85. The van der Waals surface area contributed by atoms with Crippen molar-refractivity contribution in [1.82, 2.24) is 16.0 Å². The molecule has 2 rings (SSSR count). The van der Waals surface area contributed by atoms with Gasteiger partial charge in [0, 0.05) is 19.6 Å². The van der Waals surface area contributed by atoms with E-state index < -0.39 is 0 Å². The zero-order valence-corrected chi connectivity index (χ0v) is 15.3. The number of carbonyl (C=O) groups excluding carboxylic acids is 1. The zero-order valence-electron chi connectivity index (χ0n) is 15.3. The Bertz CT molecular complexity index is 551. The van der Waals surface area contributed by atoms with E-state index in [1.54, 1.807) is 14.2 Å². The Labute approximate surface area is 150 Å². The molecule has 0 saturated heterocycles. The lowest BCUT2D eigenvalue weighted by Crippen LogP contribution is -2.46. The van der Waals surface area contributed by atoms with E-state index in [-0.39, 0.29) is 12.5 Å². The standard InChI is InChI=1S/C19H30N4O2/c1-20-19(21-13-12-15-8-10-17(25-2)11-9-15)22-14-18(24)23-16-6-4-3-5-7-16/h8-11,16H,3-7,12-14H2,1-2H3,(H,23,24)(H2,20,21,22). The SMILES string of the molecule is CN=C(NCCc1ccc(OC)cc1)NCC(=O)NC1CCCCC1. The Balaban J connectivity index is 1.64. The van der Waals surface area contributed by atoms with Crippen molar-refractivity contribution in [2.45, 2.75) is 44.6 Å². The molecule has 0 unspecified atom stereocenters. The monoisotopic (exact) mass is 346 g/mol. The molecule has 0 aliphatic heterocycles. The fourth-order valence-electron chi connectivity index (χ4n) is 3.03. The number of nitrogens with zero attached hydrogens (tertiary/aromatic N) is 1. The van der Waals surface area contributed by atoms with Crippen molar-refractivity contribution in [3.05, 3.63) is 29.8 Å². The van der Waals surface area contributed by atoms with Crippen LogP contribution in [0.2, 0.25) is 0 Å². The van der Waals surface area contributed by atoms with Crippen molar-refractivity contribution in [1.29, 1.82) is 0 Å². The van der Waals surface area contributed by atoms with Crippen molar-refractivity contribution in [2.75, 3.05) is 27.2 Å². The van der Waals surface area contributed by atoms with E-state index in [4.69, 9.17) is 4.74 Å². The maximum atomic E-state index is 12.0. The molecular formula is C19H30N4O2. The highest BCUT2D eigenvalue weighted by atomic mass is 16.5. The molecular weight excluding hydrogens is 316 g/mol. The summed E-state index contributed by atoms with van der Waals surface area (Å²) in [5.41, 5.74) is 1.22. The third-order valence-electron chi connectivity index (χ3n) is 4.48. The van der Waals surface area contributed by atoms with E-state index in [1.807, 2.05) is 24.3 Å². The van der Waals surface area contributed by atoms with Crippen LogP contribution in [-0.4, -0.2) is 45.2 Å². The molecule has 0 aromatic heterocycles. The first-order valence-corrected chi connectivity index (χ1v) is 9.08. The minimum atomic E-state index is 0.0324. The lowest BCUT2D eigenvalue weighted by Gasteiger charge is -2.23. The Kier molecular flexibility index (Phi) is 8.09. The number of amides is 1. The van der Waals surface area contributed by atoms with Crippen LogP contribution in [0, 0.1) is 0 Å². The molecule has 0 heterocycles. The Morgan fingerprint density at radius 1 is 1.16 bits per heavy atom. The highest BCUT2D eigenvalue weighted by Gasteiger charge is 2.15. The van der Waals surface area contributed by atoms with E-state index >= 15 is 0 Å². The van der Waals surface area contributed by atoms with Crippen molar-refractivity contribution in [2.24, 2.45) is 4.99 Å². The highest BCUT2D eigenvalue weighted by Crippen LogP contribution is 2.17. The zero-order chi connectivity index (χ0) is 17.9. The van der Waals surface area contributed by atoms with Gasteiger partial charge in [-0.15, -0.1) is 0 Å². The van der Waals surface area contributed by atoms with E-state index in [9.17, 15) is 4.79 Å². The van der Waals surface area contributed by atoms with Gasteiger partial charge in [-0.05, 0) is 37.0 Å². The van der Waals surface area contributed by atoms with Gasteiger partial charge in [0.2, 0.25) is 5.91 Å². The molecule has 0 spiro atoms. The lowest BCUT2D eigenvalue weighted by atomic mass is 9.95. The van der Waals surface area contributed by atoms with E-state index in [0.29, 0.717) is 12.0 Å². The van der Waals surface area contributed by atoms with Crippen molar-refractivity contribution in [3.63, 3.8) is 0 Å². The summed E-state index contributed by atoms with van der Waals surface area (Å²) in [7, 11) is 3.37. The Hall–Kier alpha value is -2.24. The minimum Gasteiger partial charge on any atom is -0.497 e. The summed E-state index contributed by atoms with van der Waals surface area (Å²) in [5, 5.41) is 9.40. The summed E-state index contributed by atoms with van der Waals surface area (Å²) in [5.74, 6) is 1.54. The third-order valence-corrected chi connectivity index (χ3v) is 4.48. The Morgan fingerprint density at radius 2 is 1.88 bits per heavy atom. The number of ether oxygens (including phenoxy) is 1. The summed E-state index contributed by atoms with van der Waals surface area (Å²) in [4.78, 5) is 16.2. The molecule has 138 valence electrons. The number of hydrogen-bond acceptors (Lipinski definition) is 3. The van der Waals surface area contributed by atoms with Gasteiger partial charge < -0.3 is 20.7 Å². The number of methoxy groups -OCH3 is 1. The van der Waals surface area contributed by atoms with Crippen molar-refractivity contribution in [3.8, 4) is 5.75 Å². The summed E-state index contributed by atoms with van der Waals surface area (Å²) in [6.07, 6.45) is 6.79. The third kappa shape index (κ3) is 7.03. The fraction of sp³-hybridized carbons (Fsp3) is 0.579. The van der Waals surface area contributed by atoms with Crippen LogP contribution in [0.3, 0.4) is 0 Å². The number of hydrogen-bond donors (Lipinski definition) is 3. The van der Waals surface area contributed by atoms with E-state index in [0.717, 1.165) is 31.6 Å². The lowest BCUT2D eigenvalue weighted by molar-refractivity contribution is -0.120. The molecule has 1 aromatic carbocycles. The molecule has 1 fully saturated rings. The number of benzene rings is 1. The molecule has 0 atom stereocenters. The van der Waals surface area contributed by atoms with Crippen molar-refractivity contribution < 1.29 is 9.53 Å². The average Bonchev–Trinajstić information content (AvgIpc) is 2.66. The number of nitrogens with one attached hydrogen (secondary N) is 3. The van der Waals surface area contributed by atoms with Gasteiger partial charge in [-0.1, -0.05) is 31.4 Å². The van der Waals surface area contributed by atoms with Crippen LogP contribution in [0.25, 0.3) is 0 Å². The van der Waals surface area contributed by atoms with Crippen LogP contribution < -0.4 is 20.7 Å². The maximum Gasteiger partial charge on any atom is 0.239 e. The minimum absolute atomic E-state index is 0.0324. The van der Waals surface area contributed by atoms with Crippen LogP contribution in [-0.2, 0) is 11.2 Å². The van der Waals surface area contributed by atoms with Gasteiger partial charge in [0.05, 0.1) is 13.7 Å². The largest absolute Gasteiger partial charge is 0.497 e. The number of rotatable bonds is 7. The smallest absolute Gasteiger partial charge is 0.239 e. The molecule has 1 aromatic rings. The summed E-state index contributed by atoms with van der Waals surface area (Å²) in [6.45, 7) is 0.995. The molecule has 1 aliphatic rings. The maximum absolute atomic E-state index is 12.0. The molecule has 3 N–H and O–H groups in total. The summed E-state index contributed by atoms with van der Waals surface area (Å²) >= 11 is 0. The van der Waals surface area contributed by atoms with Gasteiger partial charge in [0.15, 0.2) is 5.96 Å². The van der Waals surface area contributed by atoms with Crippen LogP contribution in [0.15, 0.2) is 29.3 Å². The quantitative estimate of drug-likeness (QED) is 0.520. The number of carbonyl (C=O) groups is 1. The van der Waals surface area contributed by atoms with Crippen LogP contribution >= 0.6 is 0 Å².